The van der Waals surface area contributed by atoms with E-state index in [9.17, 15) is 18.0 Å². The van der Waals surface area contributed by atoms with Crippen molar-refractivity contribution in [3.05, 3.63) is 29.8 Å². The van der Waals surface area contributed by atoms with Crippen LogP contribution in [0.3, 0.4) is 0 Å². The van der Waals surface area contributed by atoms with E-state index in [0.717, 1.165) is 0 Å². The zero-order valence-corrected chi connectivity index (χ0v) is 14.5. The Hall–Kier alpha value is -2.13. The van der Waals surface area contributed by atoms with Gasteiger partial charge in [-0.15, -0.1) is 0 Å². The maximum atomic E-state index is 12.0. The molecule has 1 rings (SSSR count). The van der Waals surface area contributed by atoms with Crippen LogP contribution in [0.2, 0.25) is 0 Å². The minimum atomic E-state index is -3.46. The number of amides is 2. The van der Waals surface area contributed by atoms with Crippen molar-refractivity contribution in [2.24, 2.45) is 0 Å². The van der Waals surface area contributed by atoms with Crippen molar-refractivity contribution in [3.8, 4) is 0 Å². The molecule has 0 aliphatic rings. The Bertz CT molecular complexity index is 675. The Morgan fingerprint density at radius 3 is 2.62 bits per heavy atom. The van der Waals surface area contributed by atoms with Crippen LogP contribution in [0.5, 0.6) is 0 Å². The van der Waals surface area contributed by atoms with E-state index >= 15 is 0 Å². The molecule has 1 unspecified atom stereocenters. The molecule has 0 aromatic heterocycles. The molecular formula is C15H23N3O5S. The van der Waals surface area contributed by atoms with Crippen molar-refractivity contribution in [3.63, 3.8) is 0 Å². The fraction of sp³-hybridized carbons (Fsp3) is 0.467. The van der Waals surface area contributed by atoms with Gasteiger partial charge in [0, 0.05) is 18.3 Å². The number of carbonyl (C=O) groups is 2. The number of carbonyl (C=O) groups excluding carboxylic acids is 1. The van der Waals surface area contributed by atoms with E-state index in [0.29, 0.717) is 17.7 Å². The molecule has 0 heterocycles. The van der Waals surface area contributed by atoms with E-state index in [1.165, 1.54) is 0 Å². The van der Waals surface area contributed by atoms with Gasteiger partial charge in [-0.05, 0) is 31.0 Å². The van der Waals surface area contributed by atoms with Crippen LogP contribution in [0.15, 0.2) is 24.3 Å². The van der Waals surface area contributed by atoms with E-state index in [1.807, 2.05) is 6.92 Å². The molecule has 2 amide bonds. The zero-order valence-electron chi connectivity index (χ0n) is 13.7. The number of rotatable bonds is 9. The number of sulfonamides is 1. The Kier molecular flexibility index (Phi) is 7.66. The van der Waals surface area contributed by atoms with Crippen LogP contribution in [0, 0.1) is 0 Å². The third kappa shape index (κ3) is 7.93. The Labute approximate surface area is 141 Å². The van der Waals surface area contributed by atoms with Gasteiger partial charge in [0.15, 0.2) is 0 Å². The Morgan fingerprint density at radius 1 is 1.29 bits per heavy atom. The van der Waals surface area contributed by atoms with Crippen LogP contribution in [0.1, 0.15) is 32.3 Å². The third-order valence-electron chi connectivity index (χ3n) is 3.16. The molecule has 8 nitrogen and oxygen atoms in total. The molecule has 0 fully saturated rings. The van der Waals surface area contributed by atoms with E-state index in [4.69, 9.17) is 5.11 Å². The monoisotopic (exact) mass is 357 g/mol. The average Bonchev–Trinajstić information content (AvgIpc) is 2.45. The summed E-state index contributed by atoms with van der Waals surface area (Å²) in [6.07, 6.45) is 0.518. The molecule has 0 aliphatic heterocycles. The maximum Gasteiger partial charge on any atom is 0.319 e. The van der Waals surface area contributed by atoms with Gasteiger partial charge in [-0.3, -0.25) is 4.79 Å². The molecule has 9 heteroatoms. The van der Waals surface area contributed by atoms with Gasteiger partial charge >= 0.3 is 12.0 Å². The van der Waals surface area contributed by atoms with Crippen LogP contribution < -0.4 is 15.4 Å². The molecular weight excluding hydrogens is 334 g/mol. The van der Waals surface area contributed by atoms with Gasteiger partial charge in [-0.1, -0.05) is 19.1 Å². The highest BCUT2D eigenvalue weighted by atomic mass is 32.2. The van der Waals surface area contributed by atoms with E-state index in [-0.39, 0.29) is 24.8 Å². The van der Waals surface area contributed by atoms with Crippen LogP contribution >= 0.6 is 0 Å². The van der Waals surface area contributed by atoms with Crippen molar-refractivity contribution in [2.45, 2.75) is 38.5 Å². The van der Waals surface area contributed by atoms with Crippen LogP contribution in [0.25, 0.3) is 0 Å². The van der Waals surface area contributed by atoms with E-state index < -0.39 is 22.0 Å². The predicted octanol–water partition coefficient (Wildman–Crippen LogP) is 1.50. The lowest BCUT2D eigenvalue weighted by Gasteiger charge is -2.13. The number of hydrogen-bond acceptors (Lipinski definition) is 4. The first kappa shape index (κ1) is 19.9. The van der Waals surface area contributed by atoms with Crippen LogP contribution in [-0.4, -0.2) is 38.1 Å². The van der Waals surface area contributed by atoms with E-state index in [2.05, 4.69) is 15.4 Å². The number of hydrogen-bond donors (Lipinski definition) is 4. The molecule has 0 radical (unpaired) electrons. The summed E-state index contributed by atoms with van der Waals surface area (Å²) in [6, 6.07) is 5.79. The molecule has 0 spiro atoms. The number of nitrogens with one attached hydrogen (secondary N) is 3. The second-order valence-corrected chi connectivity index (χ2v) is 7.17. The number of benzene rings is 1. The number of carboxylic acid groups (broad SMARTS) is 1. The van der Waals surface area contributed by atoms with Crippen molar-refractivity contribution in [1.82, 2.24) is 10.0 Å². The highest BCUT2D eigenvalue weighted by Gasteiger charge is 2.14. The molecule has 134 valence electrons. The zero-order chi connectivity index (χ0) is 18.2. The topological polar surface area (TPSA) is 125 Å². The lowest BCUT2D eigenvalue weighted by atomic mass is 10.2. The first-order chi connectivity index (χ1) is 11.2. The largest absolute Gasteiger partial charge is 0.481 e. The number of carboxylic acids is 1. The van der Waals surface area contributed by atoms with Crippen molar-refractivity contribution in [1.29, 1.82) is 0 Å². The van der Waals surface area contributed by atoms with Gasteiger partial charge in [0.25, 0.3) is 0 Å². The van der Waals surface area contributed by atoms with Crippen molar-refractivity contribution >= 4 is 27.7 Å². The second kappa shape index (κ2) is 9.24. The van der Waals surface area contributed by atoms with E-state index in [1.54, 1.807) is 31.2 Å². The fourth-order valence-corrected chi connectivity index (χ4v) is 3.33. The highest BCUT2D eigenvalue weighted by molar-refractivity contribution is 7.88. The second-order valence-electron chi connectivity index (χ2n) is 5.41. The lowest BCUT2D eigenvalue weighted by Crippen LogP contribution is -2.33. The minimum absolute atomic E-state index is 0.00800. The summed E-state index contributed by atoms with van der Waals surface area (Å²) in [5.74, 6) is -1.19. The summed E-state index contributed by atoms with van der Waals surface area (Å²) >= 11 is 0. The average molecular weight is 357 g/mol. The summed E-state index contributed by atoms with van der Waals surface area (Å²) < 4.78 is 26.7. The third-order valence-corrected chi connectivity index (χ3v) is 4.63. The van der Waals surface area contributed by atoms with Gasteiger partial charge in [0.05, 0.1) is 12.2 Å². The molecule has 0 aliphatic carbocycles. The SMILES string of the molecule is CCC(C)NS(=O)(=O)Cc1cccc(NC(=O)NCCC(=O)O)c1. The fourth-order valence-electron chi connectivity index (χ4n) is 1.85. The standard InChI is InChI=1S/C15H23N3O5S/c1-3-11(2)18-24(22,23)10-12-5-4-6-13(9-12)17-15(21)16-8-7-14(19)20/h4-6,9,11,18H,3,7-8,10H2,1-2H3,(H,19,20)(H2,16,17,21). The normalized spacial score (nSPS) is 12.4. The summed E-state index contributed by atoms with van der Waals surface area (Å²) in [7, 11) is -3.46. The number of aliphatic carboxylic acids is 1. The molecule has 0 saturated heterocycles. The first-order valence-electron chi connectivity index (χ1n) is 7.57. The molecule has 1 aromatic rings. The quantitative estimate of drug-likeness (QED) is 0.533. The first-order valence-corrected chi connectivity index (χ1v) is 9.22. The molecule has 0 saturated carbocycles. The lowest BCUT2D eigenvalue weighted by molar-refractivity contribution is -0.136. The number of urea groups is 1. The summed E-state index contributed by atoms with van der Waals surface area (Å²) in [5.41, 5.74) is 0.966. The van der Waals surface area contributed by atoms with Crippen LogP contribution in [-0.2, 0) is 20.6 Å². The molecule has 4 N–H and O–H groups in total. The summed E-state index contributed by atoms with van der Waals surface area (Å²) in [4.78, 5) is 22.0. The van der Waals surface area contributed by atoms with Crippen molar-refractivity contribution < 1.29 is 23.1 Å². The Balaban J connectivity index is 2.63. The smallest absolute Gasteiger partial charge is 0.319 e. The summed E-state index contributed by atoms with van der Waals surface area (Å²) in [6.45, 7) is 3.69. The molecule has 1 aromatic carbocycles. The summed E-state index contributed by atoms with van der Waals surface area (Å²) in [5, 5.41) is 13.4. The minimum Gasteiger partial charge on any atom is -0.481 e. The maximum absolute atomic E-state index is 12.0. The number of anilines is 1. The van der Waals surface area contributed by atoms with Gasteiger partial charge in [0.2, 0.25) is 10.0 Å². The molecule has 1 atom stereocenters. The van der Waals surface area contributed by atoms with Crippen LogP contribution in [0.4, 0.5) is 10.5 Å². The van der Waals surface area contributed by atoms with Gasteiger partial charge in [-0.25, -0.2) is 17.9 Å². The van der Waals surface area contributed by atoms with Gasteiger partial charge < -0.3 is 15.7 Å². The van der Waals surface area contributed by atoms with Crippen molar-refractivity contribution in [2.75, 3.05) is 11.9 Å². The molecule has 24 heavy (non-hydrogen) atoms. The predicted molar refractivity (Wildman–Crippen MR) is 91.2 cm³/mol. The molecule has 0 bridgehead atoms. The highest BCUT2D eigenvalue weighted by Crippen LogP contribution is 2.13. The van der Waals surface area contributed by atoms with Gasteiger partial charge in [0.1, 0.15) is 0 Å². The Morgan fingerprint density at radius 2 is 2.00 bits per heavy atom. The van der Waals surface area contributed by atoms with Gasteiger partial charge in [-0.2, -0.15) is 0 Å².